The van der Waals surface area contributed by atoms with Gasteiger partial charge in [0.25, 0.3) is 0 Å². The van der Waals surface area contributed by atoms with Crippen molar-refractivity contribution in [2.45, 2.75) is 25.0 Å². The van der Waals surface area contributed by atoms with Crippen LogP contribution in [0, 0.1) is 0 Å². The summed E-state index contributed by atoms with van der Waals surface area (Å²) in [6, 6.07) is 3.36. The van der Waals surface area contributed by atoms with Crippen LogP contribution < -0.4 is 10.1 Å². The number of amides is 1. The van der Waals surface area contributed by atoms with Crippen molar-refractivity contribution in [2.75, 3.05) is 6.61 Å². The lowest BCUT2D eigenvalue weighted by Crippen LogP contribution is -2.26. The molecule has 0 radical (unpaired) electrons. The summed E-state index contributed by atoms with van der Waals surface area (Å²) in [7, 11) is 0. The van der Waals surface area contributed by atoms with Crippen molar-refractivity contribution >= 4 is 35.0 Å². The van der Waals surface area contributed by atoms with Crippen molar-refractivity contribution < 1.29 is 24.5 Å². The van der Waals surface area contributed by atoms with Crippen LogP contribution in [0.4, 0.5) is 0 Å². The predicted octanol–water partition coefficient (Wildman–Crippen LogP) is 1.92. The van der Waals surface area contributed by atoms with Crippen molar-refractivity contribution in [3.05, 3.63) is 35.9 Å². The first kappa shape index (κ1) is 19.5. The standard InChI is InChI=1S/C17H19N3O5S/c1-3-5-11-6-10(7-12(15(11)23)25-4-2)9-18-20-17-19-16(24)13(26-17)8-14(21)22/h3,6-7,9,13,23H,1,4-5,8H2,2H3,(H,21,22)(H,19,20,24). The average molecular weight is 377 g/mol. The van der Waals surface area contributed by atoms with Gasteiger partial charge in [-0.05, 0) is 31.0 Å². The zero-order valence-electron chi connectivity index (χ0n) is 14.1. The van der Waals surface area contributed by atoms with Gasteiger partial charge in [-0.25, -0.2) is 0 Å². The highest BCUT2D eigenvalue weighted by Crippen LogP contribution is 2.32. The molecule has 8 nitrogen and oxygen atoms in total. The average Bonchev–Trinajstić information content (AvgIpc) is 2.91. The first-order valence-corrected chi connectivity index (χ1v) is 8.72. The van der Waals surface area contributed by atoms with Gasteiger partial charge < -0.3 is 20.3 Å². The highest BCUT2D eigenvalue weighted by molar-refractivity contribution is 8.15. The quantitative estimate of drug-likeness (QED) is 0.362. The summed E-state index contributed by atoms with van der Waals surface area (Å²) in [6.45, 7) is 5.87. The zero-order valence-corrected chi connectivity index (χ0v) is 15.0. The number of phenolic OH excluding ortho intramolecular Hbond substituents is 1. The van der Waals surface area contributed by atoms with E-state index in [1.165, 1.54) is 6.21 Å². The van der Waals surface area contributed by atoms with Gasteiger partial charge in [-0.15, -0.1) is 11.7 Å². The molecule has 0 aromatic heterocycles. The Kier molecular flexibility index (Phi) is 6.79. The van der Waals surface area contributed by atoms with E-state index in [9.17, 15) is 14.7 Å². The number of allylic oxidation sites excluding steroid dienone is 1. The number of thioether (sulfide) groups is 1. The number of hydrogen-bond acceptors (Lipinski definition) is 7. The summed E-state index contributed by atoms with van der Waals surface area (Å²) < 4.78 is 5.41. The maximum atomic E-state index is 11.6. The molecule has 1 saturated heterocycles. The van der Waals surface area contributed by atoms with Crippen molar-refractivity contribution in [3.63, 3.8) is 0 Å². The maximum Gasteiger partial charge on any atom is 0.305 e. The Labute approximate surface area is 154 Å². The van der Waals surface area contributed by atoms with E-state index in [2.05, 4.69) is 22.1 Å². The Morgan fingerprint density at radius 3 is 2.92 bits per heavy atom. The molecule has 0 bridgehead atoms. The Morgan fingerprint density at radius 2 is 2.27 bits per heavy atom. The molecule has 9 heteroatoms. The van der Waals surface area contributed by atoms with Crippen molar-refractivity contribution in [3.8, 4) is 11.5 Å². The van der Waals surface area contributed by atoms with E-state index in [1.807, 2.05) is 6.92 Å². The van der Waals surface area contributed by atoms with Crippen LogP contribution in [0.2, 0.25) is 0 Å². The van der Waals surface area contributed by atoms with Crippen LogP contribution in [0.1, 0.15) is 24.5 Å². The fourth-order valence-electron chi connectivity index (χ4n) is 2.23. The molecule has 1 fully saturated rings. The molecule has 1 unspecified atom stereocenters. The fraction of sp³-hybridized carbons (Fsp3) is 0.294. The first-order chi connectivity index (χ1) is 12.4. The number of phenols is 1. The number of carboxylic acids is 1. The lowest BCUT2D eigenvalue weighted by atomic mass is 10.1. The Bertz CT molecular complexity index is 776. The number of amidine groups is 1. The number of carbonyl (C=O) groups excluding carboxylic acids is 1. The molecule has 0 saturated carbocycles. The molecule has 2 rings (SSSR count). The molecule has 1 heterocycles. The van der Waals surface area contributed by atoms with Gasteiger partial charge in [0, 0.05) is 5.56 Å². The van der Waals surface area contributed by atoms with Crippen LogP contribution >= 0.6 is 11.8 Å². The largest absolute Gasteiger partial charge is 0.504 e. The summed E-state index contributed by atoms with van der Waals surface area (Å²) in [5, 5.41) is 28.8. The molecule has 26 heavy (non-hydrogen) atoms. The molecule has 0 spiro atoms. The molecule has 1 aromatic rings. The highest BCUT2D eigenvalue weighted by atomic mass is 32.2. The molecule has 1 aliphatic rings. The number of carboxylic acid groups (broad SMARTS) is 1. The summed E-state index contributed by atoms with van der Waals surface area (Å²) >= 11 is 1.02. The van der Waals surface area contributed by atoms with Gasteiger partial charge in [-0.2, -0.15) is 5.10 Å². The number of nitrogens with zero attached hydrogens (tertiary/aromatic N) is 2. The van der Waals surface area contributed by atoms with E-state index in [4.69, 9.17) is 9.84 Å². The second-order valence-corrected chi connectivity index (χ2v) is 6.49. The number of aliphatic carboxylic acids is 1. The molecule has 0 aliphatic carbocycles. The smallest absolute Gasteiger partial charge is 0.305 e. The van der Waals surface area contributed by atoms with Crippen LogP contribution in [0.5, 0.6) is 11.5 Å². The third kappa shape index (κ3) is 5.09. The highest BCUT2D eigenvalue weighted by Gasteiger charge is 2.32. The van der Waals surface area contributed by atoms with Crippen LogP contribution in [0.25, 0.3) is 0 Å². The molecule has 1 amide bonds. The number of aromatic hydroxyl groups is 1. The van der Waals surface area contributed by atoms with E-state index in [1.54, 1.807) is 18.2 Å². The SMILES string of the molecule is C=CCc1cc(C=NN=C2NC(=O)C(CC(=O)O)S2)cc(OCC)c1O. The number of benzene rings is 1. The van der Waals surface area contributed by atoms with Crippen LogP contribution in [0.3, 0.4) is 0 Å². The number of nitrogens with one attached hydrogen (secondary N) is 1. The van der Waals surface area contributed by atoms with Crippen LogP contribution in [-0.2, 0) is 16.0 Å². The fourth-order valence-corrected chi connectivity index (χ4v) is 3.15. The zero-order chi connectivity index (χ0) is 19.1. The van der Waals surface area contributed by atoms with E-state index in [0.717, 1.165) is 11.8 Å². The third-order valence-corrected chi connectivity index (χ3v) is 4.40. The Balaban J connectivity index is 2.16. The van der Waals surface area contributed by atoms with Crippen molar-refractivity contribution in [1.29, 1.82) is 0 Å². The molecule has 138 valence electrons. The Morgan fingerprint density at radius 1 is 1.50 bits per heavy atom. The van der Waals surface area contributed by atoms with Crippen LogP contribution in [-0.4, -0.2) is 45.3 Å². The predicted molar refractivity (Wildman–Crippen MR) is 100.0 cm³/mol. The first-order valence-electron chi connectivity index (χ1n) is 7.84. The number of carbonyl (C=O) groups is 2. The maximum absolute atomic E-state index is 11.6. The molecule has 1 atom stereocenters. The number of rotatable bonds is 8. The van der Waals surface area contributed by atoms with Crippen molar-refractivity contribution in [2.24, 2.45) is 10.2 Å². The summed E-state index contributed by atoms with van der Waals surface area (Å²) in [6.07, 6.45) is 3.31. The third-order valence-electron chi connectivity index (χ3n) is 3.33. The van der Waals surface area contributed by atoms with E-state index in [0.29, 0.717) is 29.9 Å². The number of hydrogen-bond donors (Lipinski definition) is 3. The van der Waals surface area contributed by atoms with Crippen LogP contribution in [0.15, 0.2) is 35.0 Å². The second kappa shape index (κ2) is 9.04. The minimum atomic E-state index is -1.05. The van der Waals surface area contributed by atoms with E-state index >= 15 is 0 Å². The molecular weight excluding hydrogens is 358 g/mol. The van der Waals surface area contributed by atoms with Gasteiger partial charge in [0.05, 0.1) is 19.2 Å². The van der Waals surface area contributed by atoms with Gasteiger partial charge in [0.1, 0.15) is 5.25 Å². The van der Waals surface area contributed by atoms with E-state index < -0.39 is 17.1 Å². The molecular formula is C17H19N3O5S. The van der Waals surface area contributed by atoms with Gasteiger partial charge in [0.2, 0.25) is 5.91 Å². The summed E-state index contributed by atoms with van der Waals surface area (Å²) in [4.78, 5) is 22.3. The Hall–Kier alpha value is -2.81. The second-order valence-electron chi connectivity index (χ2n) is 5.30. The van der Waals surface area contributed by atoms with Gasteiger partial charge in [-0.1, -0.05) is 17.8 Å². The number of ether oxygens (including phenoxy) is 1. The minimum absolute atomic E-state index is 0.0605. The minimum Gasteiger partial charge on any atom is -0.504 e. The van der Waals surface area contributed by atoms with E-state index in [-0.39, 0.29) is 17.3 Å². The monoisotopic (exact) mass is 377 g/mol. The normalized spacial score (nSPS) is 18.3. The molecule has 1 aliphatic heterocycles. The summed E-state index contributed by atoms with van der Waals surface area (Å²) in [5.74, 6) is -1.05. The van der Waals surface area contributed by atoms with Crippen molar-refractivity contribution in [1.82, 2.24) is 5.32 Å². The lowest BCUT2D eigenvalue weighted by Gasteiger charge is -2.10. The molecule has 1 aromatic carbocycles. The molecule has 3 N–H and O–H groups in total. The lowest BCUT2D eigenvalue weighted by molar-refractivity contribution is -0.138. The summed E-state index contributed by atoms with van der Waals surface area (Å²) in [5.41, 5.74) is 1.30. The topological polar surface area (TPSA) is 121 Å². The van der Waals surface area contributed by atoms with Gasteiger partial charge >= 0.3 is 5.97 Å². The van der Waals surface area contributed by atoms with Gasteiger partial charge in [-0.3, -0.25) is 9.59 Å². The van der Waals surface area contributed by atoms with Gasteiger partial charge in [0.15, 0.2) is 16.7 Å².